The molecule has 5 aromatic rings. The van der Waals surface area contributed by atoms with Crippen LogP contribution in [0.15, 0.2) is 66.6 Å². The summed E-state index contributed by atoms with van der Waals surface area (Å²) in [6.45, 7) is 22.3. The predicted octanol–water partition coefficient (Wildman–Crippen LogP) is 10.9. The number of hydrogen-bond donors (Lipinski definition) is 1. The van der Waals surface area contributed by atoms with Gasteiger partial charge in [-0.3, -0.25) is 4.79 Å². The molecule has 0 spiro atoms. The van der Waals surface area contributed by atoms with Gasteiger partial charge in [0, 0.05) is 38.0 Å². The third kappa shape index (κ3) is 8.64. The van der Waals surface area contributed by atoms with Crippen molar-refractivity contribution in [3.63, 3.8) is 0 Å². The SMILES string of the molecule is CCC(CC)C(=O)/C=C(\O)C(CC)CC.Cc1c([Si](C)(C)C)ccc2c1[se]c1c(-c3[c-]c4ccccc4c(C(C)C)c3)nccc12.[Ir]. The van der Waals surface area contributed by atoms with E-state index < -0.39 is 8.07 Å². The number of aliphatic hydroxyl groups excluding tert-OH is 1. The average Bonchev–Trinajstić information content (AvgIpc) is 3.41. The number of aryl methyl sites for hydroxylation is 1. The molecule has 6 heteroatoms. The Hall–Kier alpha value is -2.33. The summed E-state index contributed by atoms with van der Waals surface area (Å²) >= 11 is 0.269. The molecule has 0 amide bonds. The predicted molar refractivity (Wildman–Crippen MR) is 204 cm³/mol. The third-order valence-corrected chi connectivity index (χ3v) is 14.4. The van der Waals surface area contributed by atoms with E-state index in [4.69, 9.17) is 4.98 Å². The number of aromatic nitrogens is 1. The van der Waals surface area contributed by atoms with E-state index in [1.807, 2.05) is 33.9 Å². The second-order valence-corrected chi connectivity index (χ2v) is 21.0. The smallest absolute Gasteiger partial charge is 0 e. The molecule has 0 aliphatic rings. The van der Waals surface area contributed by atoms with E-state index in [2.05, 4.69) is 95.0 Å². The van der Waals surface area contributed by atoms with Crippen molar-refractivity contribution in [3.8, 4) is 11.3 Å². The number of pyridine rings is 1. The summed E-state index contributed by atoms with van der Waals surface area (Å²) in [6, 6.07) is 21.6. The average molecular weight is 890 g/mol. The van der Waals surface area contributed by atoms with E-state index in [0.29, 0.717) is 5.92 Å². The maximum Gasteiger partial charge on any atom is 0 e. The van der Waals surface area contributed by atoms with E-state index in [0.717, 1.165) is 36.9 Å². The molecule has 2 heterocycles. The first kappa shape index (κ1) is 39.1. The minimum absolute atomic E-state index is 0. The van der Waals surface area contributed by atoms with Gasteiger partial charge in [-0.1, -0.05) is 27.7 Å². The van der Waals surface area contributed by atoms with Gasteiger partial charge in [0.25, 0.3) is 0 Å². The fraction of sp³-hybridized carbons (Fsp3) is 0.415. The first-order valence-electron chi connectivity index (χ1n) is 17.1. The van der Waals surface area contributed by atoms with Crippen LogP contribution in [0.3, 0.4) is 0 Å². The third-order valence-electron chi connectivity index (χ3n) is 9.38. The van der Waals surface area contributed by atoms with Crippen LogP contribution in [0.1, 0.15) is 84.3 Å². The fourth-order valence-corrected chi connectivity index (χ4v) is 11.3. The van der Waals surface area contributed by atoms with Crippen molar-refractivity contribution in [2.75, 3.05) is 0 Å². The number of aliphatic hydroxyl groups is 1. The number of carbonyl (C=O) groups excluding carboxylic acids is 1. The van der Waals surface area contributed by atoms with E-state index >= 15 is 0 Å². The number of fused-ring (bicyclic) bond motifs is 4. The van der Waals surface area contributed by atoms with E-state index in [9.17, 15) is 9.90 Å². The molecule has 5 rings (SSSR count). The molecule has 3 nitrogen and oxygen atoms in total. The first-order chi connectivity index (χ1) is 21.9. The van der Waals surface area contributed by atoms with Gasteiger partial charge in [0.2, 0.25) is 0 Å². The summed E-state index contributed by atoms with van der Waals surface area (Å²) in [6.07, 6.45) is 6.89. The van der Waals surface area contributed by atoms with Crippen LogP contribution in [0, 0.1) is 24.8 Å². The summed E-state index contributed by atoms with van der Waals surface area (Å²) in [5, 5.41) is 16.6. The Morgan fingerprint density at radius 2 is 1.51 bits per heavy atom. The molecule has 0 unspecified atom stereocenters. The molecule has 0 fully saturated rings. The Kier molecular flexibility index (Phi) is 14.0. The van der Waals surface area contributed by atoms with Crippen molar-refractivity contribution in [1.82, 2.24) is 4.98 Å². The minimum Gasteiger partial charge on any atom is 0 e. The van der Waals surface area contributed by atoms with Crippen molar-refractivity contribution in [1.29, 1.82) is 0 Å². The summed E-state index contributed by atoms with van der Waals surface area (Å²) < 4.78 is 2.98. The van der Waals surface area contributed by atoms with Crippen molar-refractivity contribution >= 4 is 63.6 Å². The van der Waals surface area contributed by atoms with Crippen LogP contribution in [0.4, 0.5) is 0 Å². The quantitative estimate of drug-likeness (QED) is 0.0658. The van der Waals surface area contributed by atoms with Crippen LogP contribution in [0.2, 0.25) is 19.6 Å². The van der Waals surface area contributed by atoms with Gasteiger partial charge >= 0.3 is 192 Å². The zero-order valence-corrected chi connectivity index (χ0v) is 35.0. The molecule has 0 saturated carbocycles. The zero-order chi connectivity index (χ0) is 33.8. The Morgan fingerprint density at radius 3 is 2.11 bits per heavy atom. The molecule has 0 saturated heterocycles. The van der Waals surface area contributed by atoms with Crippen LogP contribution in [0.25, 0.3) is 41.3 Å². The molecule has 2 aromatic heterocycles. The van der Waals surface area contributed by atoms with Gasteiger partial charge in [0.15, 0.2) is 5.78 Å². The van der Waals surface area contributed by atoms with Gasteiger partial charge in [-0.05, 0) is 25.7 Å². The van der Waals surface area contributed by atoms with Crippen LogP contribution in [-0.4, -0.2) is 38.5 Å². The molecular formula is C41H52IrNO2SeSi-. The molecule has 1 radical (unpaired) electrons. The number of ketones is 1. The number of nitrogens with zero attached hydrogens (tertiary/aromatic N) is 1. The Balaban J connectivity index is 0.000000322. The van der Waals surface area contributed by atoms with Gasteiger partial charge < -0.3 is 5.11 Å². The standard InChI is InChI=1S/C28H28NSeSi.C13H24O2.Ir/c1-17(2)24-16-20(15-19-9-7-8-10-21(19)24)26-28-23(13-14-29-26)22-11-12-25(31(4,5)6)18(3)27(22)30-28;1-5-10(6-2)12(14)9-13(15)11(7-3)8-4;/h7-14,16-17H,1-6H3;9-11,14H,5-8H2,1-4H3;/q-1;;/b;12-9-;. The maximum atomic E-state index is 11.7. The van der Waals surface area contributed by atoms with Crippen LogP contribution in [0.5, 0.6) is 0 Å². The number of benzene rings is 3. The second kappa shape index (κ2) is 16.9. The maximum absolute atomic E-state index is 11.7. The molecule has 0 atom stereocenters. The monoisotopic (exact) mass is 891 g/mol. The fourth-order valence-electron chi connectivity index (χ4n) is 6.55. The van der Waals surface area contributed by atoms with Crippen molar-refractivity contribution < 1.29 is 30.0 Å². The summed E-state index contributed by atoms with van der Waals surface area (Å²) in [5.41, 5.74) is 5.15. The summed E-state index contributed by atoms with van der Waals surface area (Å²) in [7, 11) is -1.36. The van der Waals surface area contributed by atoms with Crippen molar-refractivity contribution in [2.24, 2.45) is 11.8 Å². The van der Waals surface area contributed by atoms with Crippen LogP contribution in [-0.2, 0) is 24.9 Å². The van der Waals surface area contributed by atoms with Gasteiger partial charge in [-0.2, -0.15) is 0 Å². The second-order valence-electron chi connectivity index (χ2n) is 13.8. The minimum atomic E-state index is -1.36. The molecular weight excluding hydrogens is 838 g/mol. The number of carbonyl (C=O) groups is 1. The Morgan fingerprint density at radius 1 is 0.894 bits per heavy atom. The summed E-state index contributed by atoms with van der Waals surface area (Å²) in [5.74, 6) is 1.00. The normalized spacial score (nSPS) is 12.2. The molecule has 0 aliphatic heterocycles. The molecule has 0 bridgehead atoms. The molecule has 253 valence electrons. The number of allylic oxidation sites excluding steroid dienone is 2. The number of rotatable bonds is 10. The van der Waals surface area contributed by atoms with Gasteiger partial charge in [0.05, 0.1) is 5.76 Å². The Bertz CT molecular complexity index is 1860. The van der Waals surface area contributed by atoms with E-state index in [-0.39, 0.29) is 58.0 Å². The van der Waals surface area contributed by atoms with Crippen LogP contribution < -0.4 is 5.19 Å². The van der Waals surface area contributed by atoms with E-state index in [1.165, 1.54) is 43.0 Å². The number of hydrogen-bond acceptors (Lipinski definition) is 3. The first-order valence-corrected chi connectivity index (χ1v) is 22.3. The van der Waals surface area contributed by atoms with Crippen molar-refractivity contribution in [2.45, 2.75) is 99.7 Å². The van der Waals surface area contributed by atoms with Gasteiger partial charge in [-0.15, -0.1) is 0 Å². The van der Waals surface area contributed by atoms with Crippen LogP contribution >= 0.6 is 0 Å². The molecule has 3 aromatic carbocycles. The van der Waals surface area contributed by atoms with Crippen molar-refractivity contribution in [3.05, 3.63) is 83.8 Å². The Labute approximate surface area is 303 Å². The summed E-state index contributed by atoms with van der Waals surface area (Å²) in [4.78, 5) is 16.6. The topological polar surface area (TPSA) is 50.2 Å². The van der Waals surface area contributed by atoms with E-state index in [1.54, 1.807) is 9.45 Å². The van der Waals surface area contributed by atoms with Gasteiger partial charge in [0.1, 0.15) is 0 Å². The van der Waals surface area contributed by atoms with Gasteiger partial charge in [-0.25, -0.2) is 0 Å². The molecule has 1 N–H and O–H groups in total. The largest absolute Gasteiger partial charge is 0 e. The molecule has 47 heavy (non-hydrogen) atoms. The zero-order valence-electron chi connectivity index (χ0n) is 29.9. The molecule has 0 aliphatic carbocycles.